The quantitative estimate of drug-likeness (QED) is 0.252. The molecule has 6 nitrogen and oxygen atoms in total. The molecule has 1 aliphatic heterocycles. The topological polar surface area (TPSA) is 58.1 Å². The Hall–Kier alpha value is -1.84. The van der Waals surface area contributed by atoms with E-state index in [0.29, 0.717) is 13.2 Å². The average molecular weight is 567 g/mol. The Bertz CT molecular complexity index is 882. The van der Waals surface area contributed by atoms with Crippen LogP contribution in [0, 0.1) is 6.92 Å². The minimum atomic E-state index is 0. The lowest BCUT2D eigenvalue weighted by molar-refractivity contribution is 0.0676. The maximum atomic E-state index is 6.14. The van der Waals surface area contributed by atoms with Crippen molar-refractivity contribution in [3.63, 3.8) is 0 Å². The molecule has 1 atom stereocenters. The summed E-state index contributed by atoms with van der Waals surface area (Å²) in [5.74, 6) is 1.70. The van der Waals surface area contributed by atoms with Crippen molar-refractivity contribution >= 4 is 29.9 Å². The fraction of sp³-hybridized carbons (Fsp3) is 0.500. The predicted molar refractivity (Wildman–Crippen MR) is 147 cm³/mol. The molecule has 3 rings (SSSR count). The van der Waals surface area contributed by atoms with Crippen molar-refractivity contribution in [2.45, 2.75) is 52.4 Å². The van der Waals surface area contributed by atoms with Gasteiger partial charge in [-0.15, -0.1) is 24.0 Å². The SMILES string of the molecule is CCNC(=NCc1ccc(C)cc1OCC1CCCO1)NCc1ccccc1CN(C)C.I. The fourth-order valence-electron chi connectivity index (χ4n) is 3.80. The monoisotopic (exact) mass is 566 g/mol. The van der Waals surface area contributed by atoms with Crippen molar-refractivity contribution in [1.82, 2.24) is 15.5 Å². The molecule has 0 bridgehead atoms. The molecule has 0 amide bonds. The van der Waals surface area contributed by atoms with Gasteiger partial charge in [-0.25, -0.2) is 4.99 Å². The van der Waals surface area contributed by atoms with Crippen molar-refractivity contribution < 1.29 is 9.47 Å². The summed E-state index contributed by atoms with van der Waals surface area (Å²) in [5, 5.41) is 6.85. The van der Waals surface area contributed by atoms with Crippen molar-refractivity contribution in [1.29, 1.82) is 0 Å². The summed E-state index contributed by atoms with van der Waals surface area (Å²) in [5.41, 5.74) is 4.87. The summed E-state index contributed by atoms with van der Waals surface area (Å²) in [6.45, 7) is 8.61. The van der Waals surface area contributed by atoms with E-state index < -0.39 is 0 Å². The van der Waals surface area contributed by atoms with Gasteiger partial charge < -0.3 is 25.0 Å². The summed E-state index contributed by atoms with van der Waals surface area (Å²) in [6, 6.07) is 14.9. The molecule has 182 valence electrons. The lowest BCUT2D eigenvalue weighted by atomic mass is 10.1. The number of aliphatic imine (C=N–C) groups is 1. The molecular formula is C26H39IN4O2. The largest absolute Gasteiger partial charge is 0.491 e. The Balaban J connectivity index is 0.00000385. The lowest BCUT2D eigenvalue weighted by Gasteiger charge is -2.17. The maximum absolute atomic E-state index is 6.14. The van der Waals surface area contributed by atoms with Gasteiger partial charge in [-0.1, -0.05) is 36.4 Å². The second-order valence-electron chi connectivity index (χ2n) is 8.61. The lowest BCUT2D eigenvalue weighted by Crippen LogP contribution is -2.37. The van der Waals surface area contributed by atoms with Gasteiger partial charge in [-0.2, -0.15) is 0 Å². The Labute approximate surface area is 216 Å². The number of guanidine groups is 1. The number of ether oxygens (including phenoxy) is 2. The highest BCUT2D eigenvalue weighted by Crippen LogP contribution is 2.23. The van der Waals surface area contributed by atoms with Crippen LogP contribution < -0.4 is 15.4 Å². The summed E-state index contributed by atoms with van der Waals surface area (Å²) in [7, 11) is 4.19. The summed E-state index contributed by atoms with van der Waals surface area (Å²) in [4.78, 5) is 7.02. The molecule has 0 radical (unpaired) electrons. The highest BCUT2D eigenvalue weighted by Gasteiger charge is 2.17. The minimum Gasteiger partial charge on any atom is -0.491 e. The number of aryl methyl sites for hydroxylation is 1. The van der Waals surface area contributed by atoms with E-state index in [-0.39, 0.29) is 30.1 Å². The van der Waals surface area contributed by atoms with Crippen molar-refractivity contribution in [2.75, 3.05) is 33.9 Å². The van der Waals surface area contributed by atoms with E-state index >= 15 is 0 Å². The van der Waals surface area contributed by atoms with Gasteiger partial charge in [-0.3, -0.25) is 0 Å². The average Bonchev–Trinajstić information content (AvgIpc) is 3.29. The van der Waals surface area contributed by atoms with Gasteiger partial charge in [0.2, 0.25) is 0 Å². The highest BCUT2D eigenvalue weighted by atomic mass is 127. The standard InChI is InChI=1S/C26H38N4O2.HI/c1-5-27-26(28-16-21-9-6-7-10-23(21)18-30(3)4)29-17-22-13-12-20(2)15-25(22)32-19-24-11-8-14-31-24;/h6-7,9-10,12-13,15,24H,5,8,11,14,16-19H2,1-4H3,(H2,27,28,29);1H. The molecular weight excluding hydrogens is 527 g/mol. The zero-order valence-electron chi connectivity index (χ0n) is 20.4. The Morgan fingerprint density at radius 1 is 1.12 bits per heavy atom. The van der Waals surface area contributed by atoms with E-state index in [1.807, 2.05) is 0 Å². The van der Waals surface area contributed by atoms with Gasteiger partial charge in [-0.05, 0) is 63.5 Å². The van der Waals surface area contributed by atoms with Gasteiger partial charge in [0, 0.05) is 31.8 Å². The van der Waals surface area contributed by atoms with Crippen LogP contribution in [0.5, 0.6) is 5.75 Å². The molecule has 0 spiro atoms. The molecule has 7 heteroatoms. The molecule has 2 aromatic rings. The molecule has 1 unspecified atom stereocenters. The summed E-state index contributed by atoms with van der Waals surface area (Å²) >= 11 is 0. The van der Waals surface area contributed by atoms with Gasteiger partial charge in [0.25, 0.3) is 0 Å². The van der Waals surface area contributed by atoms with E-state index in [4.69, 9.17) is 14.5 Å². The van der Waals surface area contributed by atoms with Crippen LogP contribution in [0.15, 0.2) is 47.5 Å². The molecule has 0 saturated carbocycles. The van der Waals surface area contributed by atoms with Crippen molar-refractivity contribution in [3.05, 3.63) is 64.7 Å². The first-order chi connectivity index (χ1) is 15.5. The number of halogens is 1. The number of hydrogen-bond donors (Lipinski definition) is 2. The van der Waals surface area contributed by atoms with Crippen LogP contribution in [0.1, 0.15) is 42.0 Å². The van der Waals surface area contributed by atoms with E-state index in [0.717, 1.165) is 56.4 Å². The van der Waals surface area contributed by atoms with Crippen LogP contribution in [-0.2, 0) is 24.4 Å². The zero-order chi connectivity index (χ0) is 22.8. The molecule has 2 N–H and O–H groups in total. The fourth-order valence-corrected chi connectivity index (χ4v) is 3.80. The Morgan fingerprint density at radius 2 is 1.91 bits per heavy atom. The second kappa shape index (κ2) is 14.4. The van der Waals surface area contributed by atoms with Crippen LogP contribution >= 0.6 is 24.0 Å². The maximum Gasteiger partial charge on any atom is 0.191 e. The molecule has 1 aliphatic rings. The first-order valence-corrected chi connectivity index (χ1v) is 11.6. The van der Waals surface area contributed by atoms with Gasteiger partial charge >= 0.3 is 0 Å². The van der Waals surface area contributed by atoms with Crippen molar-refractivity contribution in [2.24, 2.45) is 4.99 Å². The Kier molecular flexibility index (Phi) is 12.0. The van der Waals surface area contributed by atoms with Crippen LogP contribution in [-0.4, -0.2) is 50.8 Å². The second-order valence-corrected chi connectivity index (χ2v) is 8.61. The van der Waals surface area contributed by atoms with Crippen LogP contribution in [0.25, 0.3) is 0 Å². The van der Waals surface area contributed by atoms with Gasteiger partial charge in [0.1, 0.15) is 12.4 Å². The third-order valence-corrected chi connectivity index (χ3v) is 5.47. The third kappa shape index (κ3) is 9.14. The number of nitrogens with one attached hydrogen (secondary N) is 2. The Morgan fingerprint density at radius 3 is 2.61 bits per heavy atom. The molecule has 1 heterocycles. The number of nitrogens with zero attached hydrogens (tertiary/aromatic N) is 2. The number of hydrogen-bond acceptors (Lipinski definition) is 4. The number of rotatable bonds is 10. The molecule has 0 aromatic heterocycles. The smallest absolute Gasteiger partial charge is 0.191 e. The van der Waals surface area contributed by atoms with Gasteiger partial charge in [0.05, 0.1) is 12.6 Å². The van der Waals surface area contributed by atoms with Gasteiger partial charge in [0.15, 0.2) is 5.96 Å². The van der Waals surface area contributed by atoms with Crippen LogP contribution in [0.4, 0.5) is 0 Å². The molecule has 33 heavy (non-hydrogen) atoms. The molecule has 1 saturated heterocycles. The predicted octanol–water partition coefficient (Wildman–Crippen LogP) is 4.49. The van der Waals surface area contributed by atoms with E-state index in [2.05, 4.69) is 85.9 Å². The molecule has 2 aromatic carbocycles. The normalized spacial score (nSPS) is 15.9. The first-order valence-electron chi connectivity index (χ1n) is 11.6. The highest BCUT2D eigenvalue weighted by molar-refractivity contribution is 14.0. The minimum absolute atomic E-state index is 0. The summed E-state index contributed by atoms with van der Waals surface area (Å²) < 4.78 is 11.8. The van der Waals surface area contributed by atoms with E-state index in [1.54, 1.807) is 0 Å². The zero-order valence-corrected chi connectivity index (χ0v) is 22.7. The van der Waals surface area contributed by atoms with E-state index in [1.165, 1.54) is 16.7 Å². The molecule has 0 aliphatic carbocycles. The van der Waals surface area contributed by atoms with Crippen LogP contribution in [0.2, 0.25) is 0 Å². The number of benzene rings is 2. The first kappa shape index (κ1) is 27.4. The summed E-state index contributed by atoms with van der Waals surface area (Å²) in [6.07, 6.45) is 2.39. The van der Waals surface area contributed by atoms with E-state index in [9.17, 15) is 0 Å². The van der Waals surface area contributed by atoms with Crippen molar-refractivity contribution in [3.8, 4) is 5.75 Å². The third-order valence-electron chi connectivity index (χ3n) is 5.47. The van der Waals surface area contributed by atoms with Crippen LogP contribution in [0.3, 0.4) is 0 Å². The molecule has 1 fully saturated rings.